The highest BCUT2D eigenvalue weighted by molar-refractivity contribution is 6.11. The molecule has 0 saturated heterocycles. The highest BCUT2D eigenvalue weighted by atomic mass is 16.5. The number of rotatable bonds is 8. The second-order valence-electron chi connectivity index (χ2n) is 6.38. The molecule has 0 bridgehead atoms. The molecule has 6 nitrogen and oxygen atoms in total. The molecule has 3 aromatic carbocycles. The largest absolute Gasteiger partial charge is 0.507 e. The number of ether oxygens (including phenoxy) is 1. The van der Waals surface area contributed by atoms with Crippen LogP contribution in [0.1, 0.15) is 21.5 Å². The maximum atomic E-state index is 12.6. The van der Waals surface area contributed by atoms with Gasteiger partial charge in [-0.2, -0.15) is 10.2 Å². The third-order valence-corrected chi connectivity index (χ3v) is 4.28. The van der Waals surface area contributed by atoms with E-state index in [1.165, 1.54) is 12.1 Å². The molecule has 1 N–H and O–H groups in total. The van der Waals surface area contributed by atoms with Crippen molar-refractivity contribution >= 4 is 23.1 Å². The van der Waals surface area contributed by atoms with E-state index in [2.05, 4.69) is 16.8 Å². The van der Waals surface area contributed by atoms with Gasteiger partial charge in [0.2, 0.25) is 0 Å². The molecule has 6 heteroatoms. The van der Waals surface area contributed by atoms with Crippen molar-refractivity contribution in [2.24, 2.45) is 10.2 Å². The molecule has 0 atom stereocenters. The summed E-state index contributed by atoms with van der Waals surface area (Å²) < 4.78 is 4.96. The molecule has 0 radical (unpaired) electrons. The summed E-state index contributed by atoms with van der Waals surface area (Å²) in [5.74, 6) is -0.838. The number of carbonyl (C=O) groups is 2. The van der Waals surface area contributed by atoms with Crippen molar-refractivity contribution in [3.8, 4) is 5.75 Å². The Morgan fingerprint density at radius 1 is 0.933 bits per heavy atom. The lowest BCUT2D eigenvalue weighted by Gasteiger charge is -2.05. The third kappa shape index (κ3) is 5.48. The van der Waals surface area contributed by atoms with Crippen LogP contribution in [0, 0.1) is 0 Å². The maximum absolute atomic E-state index is 12.6. The summed E-state index contributed by atoms with van der Waals surface area (Å²) in [7, 11) is 0. The number of phenolic OH excluding ortho intramolecular Hbond substituents is 1. The first-order valence-corrected chi connectivity index (χ1v) is 9.29. The summed E-state index contributed by atoms with van der Waals surface area (Å²) in [5, 5.41) is 18.4. The van der Waals surface area contributed by atoms with Crippen molar-refractivity contribution in [2.75, 3.05) is 6.61 Å². The number of aromatic hydroxyl groups is 1. The van der Waals surface area contributed by atoms with Crippen molar-refractivity contribution in [3.05, 3.63) is 102 Å². The molecule has 0 heterocycles. The summed E-state index contributed by atoms with van der Waals surface area (Å²) >= 11 is 0. The maximum Gasteiger partial charge on any atom is 0.330 e. The third-order valence-electron chi connectivity index (χ3n) is 4.28. The lowest BCUT2D eigenvalue weighted by Crippen LogP contribution is -2.04. The fourth-order valence-corrected chi connectivity index (χ4v) is 2.69. The van der Waals surface area contributed by atoms with Gasteiger partial charge in [-0.1, -0.05) is 49.0 Å². The number of ketones is 1. The molecule has 3 aromatic rings. The molecular formula is C24H20N2O4. The van der Waals surface area contributed by atoms with Crippen LogP contribution in [-0.4, -0.2) is 23.5 Å². The monoisotopic (exact) mass is 400 g/mol. The Kier molecular flexibility index (Phi) is 6.84. The number of phenols is 1. The van der Waals surface area contributed by atoms with Crippen molar-refractivity contribution in [1.82, 2.24) is 0 Å². The molecule has 0 aromatic heterocycles. The second kappa shape index (κ2) is 9.93. The zero-order valence-corrected chi connectivity index (χ0v) is 16.2. The summed E-state index contributed by atoms with van der Waals surface area (Å²) in [6, 6.07) is 20.6. The Labute approximate surface area is 174 Å². The first-order chi connectivity index (χ1) is 14.6. The zero-order chi connectivity index (χ0) is 21.3. The van der Waals surface area contributed by atoms with Gasteiger partial charge in [-0.25, -0.2) is 4.79 Å². The van der Waals surface area contributed by atoms with Crippen LogP contribution in [0.15, 0.2) is 95.7 Å². The van der Waals surface area contributed by atoms with Gasteiger partial charge in [-0.3, -0.25) is 4.79 Å². The van der Waals surface area contributed by atoms with Crippen LogP contribution in [0.4, 0.5) is 11.4 Å². The second-order valence-corrected chi connectivity index (χ2v) is 6.38. The minimum absolute atomic E-state index is 0.107. The Balaban J connectivity index is 1.68. The Bertz CT molecular complexity index is 1070. The number of nitrogens with zero attached hydrogens (tertiary/aromatic N) is 2. The summed E-state index contributed by atoms with van der Waals surface area (Å²) in [6.07, 6.45) is 1.71. The number of benzene rings is 3. The molecule has 30 heavy (non-hydrogen) atoms. The van der Waals surface area contributed by atoms with Gasteiger partial charge in [0.1, 0.15) is 5.75 Å². The van der Waals surface area contributed by atoms with Crippen LogP contribution >= 0.6 is 0 Å². The SMILES string of the molecule is C=CC(=O)OCCc1ccc(N=Nc2ccc(O)c(C(=O)c3ccccc3)c2)cc1. The predicted octanol–water partition coefficient (Wildman–Crippen LogP) is 5.31. The van der Waals surface area contributed by atoms with E-state index in [9.17, 15) is 14.7 Å². The molecule has 0 aliphatic heterocycles. The first kappa shape index (κ1) is 20.7. The van der Waals surface area contributed by atoms with Crippen LogP contribution in [0.2, 0.25) is 0 Å². The fourth-order valence-electron chi connectivity index (χ4n) is 2.69. The van der Waals surface area contributed by atoms with Gasteiger partial charge in [0.05, 0.1) is 23.5 Å². The van der Waals surface area contributed by atoms with Gasteiger partial charge < -0.3 is 9.84 Å². The first-order valence-electron chi connectivity index (χ1n) is 9.29. The number of azo groups is 1. The quantitative estimate of drug-likeness (QED) is 0.240. The van der Waals surface area contributed by atoms with Crippen LogP contribution in [0.25, 0.3) is 0 Å². The molecule has 0 aliphatic rings. The van der Waals surface area contributed by atoms with Gasteiger partial charge in [-0.15, -0.1) is 0 Å². The highest BCUT2D eigenvalue weighted by Crippen LogP contribution is 2.27. The molecule has 3 rings (SSSR count). The molecule has 0 amide bonds. The number of hydrogen-bond acceptors (Lipinski definition) is 6. The standard InChI is InChI=1S/C24H20N2O4/c1-2-23(28)30-15-14-17-8-10-19(11-9-17)25-26-20-12-13-22(27)21(16-20)24(29)18-6-4-3-5-7-18/h2-13,16,27H,1,14-15H2. The van der Waals surface area contributed by atoms with E-state index in [0.29, 0.717) is 23.4 Å². The van der Waals surface area contributed by atoms with E-state index in [0.717, 1.165) is 11.6 Å². The summed E-state index contributed by atoms with van der Waals surface area (Å²) in [4.78, 5) is 23.6. The van der Waals surface area contributed by atoms with Crippen molar-refractivity contribution < 1.29 is 19.4 Å². The Morgan fingerprint density at radius 2 is 1.60 bits per heavy atom. The van der Waals surface area contributed by atoms with E-state index >= 15 is 0 Å². The van der Waals surface area contributed by atoms with Crippen molar-refractivity contribution in [1.29, 1.82) is 0 Å². The highest BCUT2D eigenvalue weighted by Gasteiger charge is 2.14. The van der Waals surface area contributed by atoms with Crippen LogP contribution < -0.4 is 0 Å². The van der Waals surface area contributed by atoms with Gasteiger partial charge in [0.15, 0.2) is 5.78 Å². The molecular weight excluding hydrogens is 380 g/mol. The van der Waals surface area contributed by atoms with E-state index in [1.54, 1.807) is 42.5 Å². The molecule has 0 unspecified atom stereocenters. The van der Waals surface area contributed by atoms with Gasteiger partial charge in [0.25, 0.3) is 0 Å². The van der Waals surface area contributed by atoms with Gasteiger partial charge in [-0.05, 0) is 35.9 Å². The number of carbonyl (C=O) groups excluding carboxylic acids is 2. The Hall–Kier alpha value is -4.06. The molecule has 0 spiro atoms. The average Bonchev–Trinajstić information content (AvgIpc) is 2.79. The Morgan fingerprint density at radius 3 is 2.30 bits per heavy atom. The number of esters is 1. The summed E-state index contributed by atoms with van der Waals surface area (Å²) in [5.41, 5.74) is 2.72. The van der Waals surface area contributed by atoms with E-state index in [4.69, 9.17) is 4.74 Å². The molecule has 0 aliphatic carbocycles. The van der Waals surface area contributed by atoms with Crippen LogP contribution in [0.5, 0.6) is 5.75 Å². The van der Waals surface area contributed by atoms with Crippen molar-refractivity contribution in [2.45, 2.75) is 6.42 Å². The number of hydrogen-bond donors (Lipinski definition) is 1. The normalized spacial score (nSPS) is 10.7. The smallest absolute Gasteiger partial charge is 0.330 e. The van der Waals surface area contributed by atoms with Gasteiger partial charge in [0, 0.05) is 18.1 Å². The fraction of sp³-hybridized carbons (Fsp3) is 0.0833. The summed E-state index contributed by atoms with van der Waals surface area (Å²) in [6.45, 7) is 3.62. The minimum Gasteiger partial charge on any atom is -0.507 e. The van der Waals surface area contributed by atoms with E-state index < -0.39 is 5.97 Å². The lowest BCUT2D eigenvalue weighted by molar-refractivity contribution is -0.137. The lowest BCUT2D eigenvalue weighted by atomic mass is 10.0. The van der Waals surface area contributed by atoms with E-state index in [-0.39, 0.29) is 23.7 Å². The molecule has 0 fully saturated rings. The molecule has 0 saturated carbocycles. The average molecular weight is 400 g/mol. The van der Waals surface area contributed by atoms with Gasteiger partial charge >= 0.3 is 5.97 Å². The zero-order valence-electron chi connectivity index (χ0n) is 16.2. The molecule has 150 valence electrons. The van der Waals surface area contributed by atoms with Crippen LogP contribution in [-0.2, 0) is 16.0 Å². The van der Waals surface area contributed by atoms with Crippen LogP contribution in [0.3, 0.4) is 0 Å². The van der Waals surface area contributed by atoms with Crippen molar-refractivity contribution in [3.63, 3.8) is 0 Å². The predicted molar refractivity (Wildman–Crippen MR) is 113 cm³/mol. The minimum atomic E-state index is -0.445. The topological polar surface area (TPSA) is 88.3 Å². The van der Waals surface area contributed by atoms with E-state index in [1.807, 2.05) is 18.2 Å².